The normalized spacial score (nSPS) is 18.9. The molecule has 2 heterocycles. The van der Waals surface area contributed by atoms with Crippen LogP contribution in [-0.2, 0) is 21.7 Å². The number of carbonyl (C=O) groups excluding carboxylic acids is 3. The number of hydrogen-bond acceptors (Lipinski definition) is 7. The molecule has 1 aromatic heterocycles. The third kappa shape index (κ3) is 5.42. The van der Waals surface area contributed by atoms with Crippen LogP contribution in [0.3, 0.4) is 0 Å². The lowest BCUT2D eigenvalue weighted by molar-refractivity contribution is -0.139. The summed E-state index contributed by atoms with van der Waals surface area (Å²) in [5, 5.41) is 23.3. The lowest BCUT2D eigenvalue weighted by atomic mass is 10.0. The van der Waals surface area contributed by atoms with Gasteiger partial charge in [0.1, 0.15) is 11.3 Å². The molecule has 0 radical (unpaired) electrons. The highest BCUT2D eigenvalue weighted by Crippen LogP contribution is 2.48. The van der Waals surface area contributed by atoms with Gasteiger partial charge < -0.3 is 25.6 Å². The van der Waals surface area contributed by atoms with Crippen molar-refractivity contribution in [1.29, 1.82) is 5.26 Å². The minimum absolute atomic E-state index is 0.0245. The Kier molecular flexibility index (Phi) is 6.99. The minimum Gasteiger partial charge on any atom is -0.494 e. The molecule has 3 aliphatic rings. The molecule has 1 aliphatic heterocycles. The maximum atomic E-state index is 13.5. The van der Waals surface area contributed by atoms with Gasteiger partial charge in [-0.15, -0.1) is 0 Å². The Bertz CT molecular complexity index is 1550. The van der Waals surface area contributed by atoms with E-state index in [4.69, 9.17) is 15.1 Å². The van der Waals surface area contributed by atoms with Crippen LogP contribution >= 0.6 is 0 Å². The Morgan fingerprint density at radius 2 is 1.90 bits per heavy atom. The van der Waals surface area contributed by atoms with Crippen LogP contribution in [-0.4, -0.2) is 58.6 Å². The Morgan fingerprint density at radius 1 is 1.12 bits per heavy atom. The first-order chi connectivity index (χ1) is 19.9. The van der Waals surface area contributed by atoms with E-state index in [1.54, 1.807) is 36.3 Å². The molecule has 3 N–H and O–H groups in total. The molecule has 1 atom stereocenters. The third-order valence-electron chi connectivity index (χ3n) is 8.30. The molecule has 2 saturated carbocycles. The van der Waals surface area contributed by atoms with E-state index in [0.29, 0.717) is 29.5 Å². The number of aromatic nitrogens is 2. The monoisotopic (exact) mass is 555 g/mol. The van der Waals surface area contributed by atoms with Crippen LogP contribution < -0.4 is 20.7 Å². The molecule has 11 nitrogen and oxygen atoms in total. The Balaban J connectivity index is 1.11. The van der Waals surface area contributed by atoms with E-state index in [1.165, 1.54) is 0 Å². The first kappa shape index (κ1) is 26.6. The number of ether oxygens (including phenoxy) is 1. The second-order valence-corrected chi connectivity index (χ2v) is 11.1. The lowest BCUT2D eigenvalue weighted by Crippen LogP contribution is -2.44. The van der Waals surface area contributed by atoms with Gasteiger partial charge in [0.2, 0.25) is 0 Å². The topological polar surface area (TPSA) is 141 Å². The first-order valence-electron chi connectivity index (χ1n) is 14.1. The number of rotatable bonds is 9. The average Bonchev–Trinajstić information content (AvgIpc) is 3.90. The van der Waals surface area contributed by atoms with E-state index in [2.05, 4.69) is 34.4 Å². The van der Waals surface area contributed by atoms with Crippen LogP contribution in [0.4, 0.5) is 0 Å². The van der Waals surface area contributed by atoms with Crippen LogP contribution in [0, 0.1) is 11.5 Å². The zero-order valence-electron chi connectivity index (χ0n) is 23.0. The summed E-state index contributed by atoms with van der Waals surface area (Å²) >= 11 is 0. The van der Waals surface area contributed by atoms with Gasteiger partial charge in [0.05, 0.1) is 24.7 Å². The molecule has 6 rings (SSSR count). The standard InChI is InChI=1S/C30H33N7O4/c1-41-25-14-21(13-20-17-37(22-8-9-22)35-26(20)25)30(10-11-30)34-27(38)24-7-3-2-5-19(24)15-32-28(39)29(40)33-16-23-6-4-12-36(23)18-31/h2-3,5,7,13-14,17,22-23H,4,6,8-12,15-16H2,1H3,(H,32,39)(H,33,40)(H,34,38)/t23-/m0/s1. The predicted molar refractivity (Wildman–Crippen MR) is 150 cm³/mol. The molecule has 2 aliphatic carbocycles. The van der Waals surface area contributed by atoms with E-state index < -0.39 is 17.4 Å². The fraction of sp³-hybridized carbons (Fsp3) is 0.433. The van der Waals surface area contributed by atoms with Gasteiger partial charge in [-0.1, -0.05) is 18.2 Å². The van der Waals surface area contributed by atoms with Crippen LogP contribution in [0.2, 0.25) is 0 Å². The molecule has 0 spiro atoms. The lowest BCUT2D eigenvalue weighted by Gasteiger charge is -2.20. The Labute approximate surface area is 237 Å². The summed E-state index contributed by atoms with van der Waals surface area (Å²) in [7, 11) is 1.63. The van der Waals surface area contributed by atoms with Gasteiger partial charge >= 0.3 is 11.8 Å². The highest BCUT2D eigenvalue weighted by molar-refractivity contribution is 6.35. The van der Waals surface area contributed by atoms with Gasteiger partial charge in [-0.05, 0) is 67.9 Å². The van der Waals surface area contributed by atoms with Crippen LogP contribution in [0.25, 0.3) is 10.9 Å². The number of carbonyl (C=O) groups is 3. The Morgan fingerprint density at radius 3 is 2.63 bits per heavy atom. The molecular weight excluding hydrogens is 522 g/mol. The molecule has 1 saturated heterocycles. The highest BCUT2D eigenvalue weighted by Gasteiger charge is 2.46. The number of nitriles is 1. The molecule has 3 aromatic rings. The van der Waals surface area contributed by atoms with Crippen LogP contribution in [0.5, 0.6) is 5.75 Å². The van der Waals surface area contributed by atoms with E-state index in [9.17, 15) is 14.4 Å². The number of hydrogen-bond donors (Lipinski definition) is 3. The number of fused-ring (bicyclic) bond motifs is 1. The molecule has 3 fully saturated rings. The molecule has 41 heavy (non-hydrogen) atoms. The fourth-order valence-electron chi connectivity index (χ4n) is 5.60. The summed E-state index contributed by atoms with van der Waals surface area (Å²) < 4.78 is 7.68. The van der Waals surface area contributed by atoms with Gasteiger partial charge in [0.25, 0.3) is 5.91 Å². The van der Waals surface area contributed by atoms with Crippen molar-refractivity contribution in [2.45, 2.75) is 62.7 Å². The summed E-state index contributed by atoms with van der Waals surface area (Å²) in [6, 6.07) is 11.5. The molecular formula is C30H33N7O4. The fourth-order valence-corrected chi connectivity index (χ4v) is 5.60. The number of benzene rings is 2. The molecule has 0 bridgehead atoms. The molecule has 3 amide bonds. The van der Waals surface area contributed by atoms with Crippen molar-refractivity contribution in [3.8, 4) is 11.9 Å². The van der Waals surface area contributed by atoms with Crippen molar-refractivity contribution in [1.82, 2.24) is 30.6 Å². The zero-order valence-corrected chi connectivity index (χ0v) is 23.0. The Hall–Kier alpha value is -4.59. The number of methoxy groups -OCH3 is 1. The second-order valence-electron chi connectivity index (χ2n) is 11.1. The molecule has 212 valence electrons. The minimum atomic E-state index is -0.785. The van der Waals surface area contributed by atoms with Crippen molar-refractivity contribution in [3.05, 3.63) is 59.3 Å². The van der Waals surface area contributed by atoms with Crippen molar-refractivity contribution < 1.29 is 19.1 Å². The zero-order chi connectivity index (χ0) is 28.6. The summed E-state index contributed by atoms with van der Waals surface area (Å²) in [6.07, 6.45) is 9.71. The van der Waals surface area contributed by atoms with Gasteiger partial charge in [-0.3, -0.25) is 19.1 Å². The number of likely N-dealkylation sites (tertiary alicyclic amines) is 1. The molecule has 2 aromatic carbocycles. The highest BCUT2D eigenvalue weighted by atomic mass is 16.5. The summed E-state index contributed by atoms with van der Waals surface area (Å²) in [5.74, 6) is -1.11. The van der Waals surface area contributed by atoms with Gasteiger partial charge in [0, 0.05) is 36.8 Å². The van der Waals surface area contributed by atoms with Gasteiger partial charge in [0.15, 0.2) is 6.19 Å². The van der Waals surface area contributed by atoms with Crippen molar-refractivity contribution >= 4 is 28.6 Å². The van der Waals surface area contributed by atoms with Crippen molar-refractivity contribution in [3.63, 3.8) is 0 Å². The maximum Gasteiger partial charge on any atom is 0.309 e. The van der Waals surface area contributed by atoms with Crippen molar-refractivity contribution in [2.24, 2.45) is 0 Å². The SMILES string of the molecule is COc1cc(C2(NC(=O)c3ccccc3CNC(=O)C(=O)NC[C@@H]3CCCN3C#N)CC2)cc2cn(C3CC3)nc12. The third-order valence-corrected chi connectivity index (χ3v) is 8.30. The van der Waals surface area contributed by atoms with Crippen molar-refractivity contribution in [2.75, 3.05) is 20.2 Å². The summed E-state index contributed by atoms with van der Waals surface area (Å²) in [6.45, 7) is 0.923. The summed E-state index contributed by atoms with van der Waals surface area (Å²) in [4.78, 5) is 40.0. The summed E-state index contributed by atoms with van der Waals surface area (Å²) in [5.41, 5.74) is 2.33. The van der Waals surface area contributed by atoms with Crippen LogP contribution in [0.15, 0.2) is 42.6 Å². The van der Waals surface area contributed by atoms with Gasteiger partial charge in [-0.25, -0.2) is 0 Å². The first-order valence-corrected chi connectivity index (χ1v) is 14.1. The number of amides is 3. The second kappa shape index (κ2) is 10.8. The van der Waals surface area contributed by atoms with E-state index in [-0.39, 0.29) is 25.0 Å². The van der Waals surface area contributed by atoms with Crippen LogP contribution in [0.1, 0.15) is 66.1 Å². The van der Waals surface area contributed by atoms with E-state index in [1.807, 2.05) is 10.7 Å². The largest absolute Gasteiger partial charge is 0.494 e. The predicted octanol–water partition coefficient (Wildman–Crippen LogP) is 2.48. The number of nitrogens with one attached hydrogen (secondary N) is 3. The van der Waals surface area contributed by atoms with E-state index >= 15 is 0 Å². The van der Waals surface area contributed by atoms with E-state index in [0.717, 1.165) is 55.0 Å². The quantitative estimate of drug-likeness (QED) is 0.272. The molecule has 0 unspecified atom stereocenters. The average molecular weight is 556 g/mol. The smallest absolute Gasteiger partial charge is 0.309 e. The molecule has 11 heteroatoms. The maximum absolute atomic E-state index is 13.5. The number of nitrogens with zero attached hydrogens (tertiary/aromatic N) is 4. The van der Waals surface area contributed by atoms with Gasteiger partial charge in [-0.2, -0.15) is 10.4 Å².